The van der Waals surface area contributed by atoms with Gasteiger partial charge in [-0.1, -0.05) is 19.4 Å². The molecule has 1 aromatic carbocycles. The molecule has 0 spiro atoms. The second-order valence-corrected chi connectivity index (χ2v) is 5.50. The Hall–Kier alpha value is -1.18. The Balaban J connectivity index is 0.00000264. The molecule has 0 radical (unpaired) electrons. The third-order valence-corrected chi connectivity index (χ3v) is 4.02. The van der Waals surface area contributed by atoms with Gasteiger partial charge in [0, 0.05) is 51.5 Å². The van der Waals surface area contributed by atoms with Crippen molar-refractivity contribution in [1.82, 2.24) is 10.2 Å². The predicted molar refractivity (Wildman–Crippen MR) is 108 cm³/mol. The van der Waals surface area contributed by atoms with E-state index in [1.165, 1.54) is 18.5 Å². The zero-order chi connectivity index (χ0) is 15.8. The Morgan fingerprint density at radius 2 is 2.00 bits per heavy atom. The maximum atomic E-state index is 5.31. The normalized spacial score (nSPS) is 15.2. The van der Waals surface area contributed by atoms with Gasteiger partial charge in [-0.25, -0.2) is 0 Å². The van der Waals surface area contributed by atoms with Crippen molar-refractivity contribution in [2.24, 2.45) is 4.99 Å². The molecule has 5 nitrogen and oxygen atoms in total. The van der Waals surface area contributed by atoms with Crippen LogP contribution in [0.15, 0.2) is 29.3 Å². The van der Waals surface area contributed by atoms with Crippen molar-refractivity contribution in [2.75, 3.05) is 51.8 Å². The lowest BCUT2D eigenvalue weighted by Crippen LogP contribution is -2.52. The van der Waals surface area contributed by atoms with Crippen LogP contribution in [0.5, 0.6) is 5.75 Å². The summed E-state index contributed by atoms with van der Waals surface area (Å²) in [5, 5.41) is 3.45. The van der Waals surface area contributed by atoms with Crippen molar-refractivity contribution < 1.29 is 4.74 Å². The Bertz CT molecular complexity index is 487. The number of halogens is 1. The largest absolute Gasteiger partial charge is 0.497 e. The zero-order valence-corrected chi connectivity index (χ0v) is 16.7. The van der Waals surface area contributed by atoms with E-state index in [1.807, 2.05) is 19.2 Å². The van der Waals surface area contributed by atoms with Crippen LogP contribution >= 0.6 is 24.0 Å². The molecule has 23 heavy (non-hydrogen) atoms. The SMILES string of the molecule is CCCCNC(=NC)N1CCN(c2cccc(OC)c2)CC1.I. The molecule has 0 saturated carbocycles. The summed E-state index contributed by atoms with van der Waals surface area (Å²) in [5.74, 6) is 1.94. The predicted octanol–water partition coefficient (Wildman–Crippen LogP) is 2.81. The lowest BCUT2D eigenvalue weighted by atomic mass is 10.2. The van der Waals surface area contributed by atoms with E-state index in [-0.39, 0.29) is 24.0 Å². The van der Waals surface area contributed by atoms with Crippen molar-refractivity contribution >= 4 is 35.6 Å². The van der Waals surface area contributed by atoms with Crippen LogP contribution < -0.4 is 15.0 Å². The topological polar surface area (TPSA) is 40.1 Å². The summed E-state index contributed by atoms with van der Waals surface area (Å²) in [7, 11) is 3.58. The molecule has 0 aliphatic carbocycles. The number of nitrogens with one attached hydrogen (secondary N) is 1. The summed E-state index contributed by atoms with van der Waals surface area (Å²) in [4.78, 5) is 9.14. The van der Waals surface area contributed by atoms with Gasteiger partial charge in [-0.3, -0.25) is 4.99 Å². The molecule has 0 amide bonds. The third-order valence-electron chi connectivity index (χ3n) is 4.02. The van der Waals surface area contributed by atoms with Gasteiger partial charge in [-0.05, 0) is 18.6 Å². The zero-order valence-electron chi connectivity index (χ0n) is 14.4. The first-order chi connectivity index (χ1) is 10.8. The molecule has 6 heteroatoms. The number of rotatable bonds is 5. The fourth-order valence-corrected chi connectivity index (χ4v) is 2.69. The molecule has 1 aliphatic rings. The number of anilines is 1. The van der Waals surface area contributed by atoms with Crippen LogP contribution in [0, 0.1) is 0 Å². The molecule has 0 bridgehead atoms. The third kappa shape index (κ3) is 5.75. The minimum atomic E-state index is 0. The number of aliphatic imine (C=N–C) groups is 1. The number of nitrogens with zero attached hydrogens (tertiary/aromatic N) is 3. The number of unbranched alkanes of at least 4 members (excludes halogenated alkanes) is 1. The molecule has 1 aromatic rings. The van der Waals surface area contributed by atoms with Crippen molar-refractivity contribution in [3.63, 3.8) is 0 Å². The quantitative estimate of drug-likeness (QED) is 0.336. The molecule has 1 heterocycles. The number of hydrogen-bond acceptors (Lipinski definition) is 3. The summed E-state index contributed by atoms with van der Waals surface area (Å²) in [6.07, 6.45) is 2.39. The molecule has 2 rings (SSSR count). The van der Waals surface area contributed by atoms with Crippen LogP contribution in [-0.4, -0.2) is 57.7 Å². The summed E-state index contributed by atoms with van der Waals surface area (Å²) in [6.45, 7) is 7.19. The first-order valence-electron chi connectivity index (χ1n) is 8.13. The maximum Gasteiger partial charge on any atom is 0.193 e. The number of piperazine rings is 1. The number of hydrogen-bond donors (Lipinski definition) is 1. The summed E-state index contributed by atoms with van der Waals surface area (Å²) in [6, 6.07) is 8.28. The Morgan fingerprint density at radius 1 is 1.26 bits per heavy atom. The van der Waals surface area contributed by atoms with Gasteiger partial charge in [-0.15, -0.1) is 24.0 Å². The number of methoxy groups -OCH3 is 1. The second kappa shape index (κ2) is 10.6. The highest BCUT2D eigenvalue weighted by Crippen LogP contribution is 2.22. The van der Waals surface area contributed by atoms with Crippen molar-refractivity contribution in [1.29, 1.82) is 0 Å². The molecule has 0 atom stereocenters. The van der Waals surface area contributed by atoms with Crippen LogP contribution in [0.4, 0.5) is 5.69 Å². The Labute approximate surface area is 157 Å². The highest BCUT2D eigenvalue weighted by atomic mass is 127. The van der Waals surface area contributed by atoms with Gasteiger partial charge in [0.1, 0.15) is 5.75 Å². The molecule has 1 aliphatic heterocycles. The number of benzene rings is 1. The molecule has 0 unspecified atom stereocenters. The second-order valence-electron chi connectivity index (χ2n) is 5.50. The average Bonchev–Trinajstić information content (AvgIpc) is 2.59. The fraction of sp³-hybridized carbons (Fsp3) is 0.588. The highest BCUT2D eigenvalue weighted by molar-refractivity contribution is 14.0. The molecular formula is C17H29IN4O. The van der Waals surface area contributed by atoms with Gasteiger partial charge in [0.2, 0.25) is 0 Å². The standard InChI is InChI=1S/C17H28N4O.HI/c1-4-5-9-19-17(18-2)21-12-10-20(11-13-21)15-7-6-8-16(14-15)22-3;/h6-8,14H,4-5,9-13H2,1-3H3,(H,18,19);1H. The van der Waals surface area contributed by atoms with Gasteiger partial charge in [0.15, 0.2) is 5.96 Å². The van der Waals surface area contributed by atoms with Crippen LogP contribution in [0.25, 0.3) is 0 Å². The summed E-state index contributed by atoms with van der Waals surface area (Å²) >= 11 is 0. The Morgan fingerprint density at radius 3 is 2.61 bits per heavy atom. The van der Waals surface area contributed by atoms with Crippen LogP contribution in [0.3, 0.4) is 0 Å². The Kier molecular flexibility index (Phi) is 9.13. The summed E-state index contributed by atoms with van der Waals surface area (Å²) < 4.78 is 5.31. The number of ether oxygens (including phenoxy) is 1. The van der Waals surface area contributed by atoms with E-state index in [9.17, 15) is 0 Å². The van der Waals surface area contributed by atoms with E-state index in [0.717, 1.165) is 44.4 Å². The van der Waals surface area contributed by atoms with Gasteiger partial charge >= 0.3 is 0 Å². The van der Waals surface area contributed by atoms with E-state index in [1.54, 1.807) is 7.11 Å². The minimum absolute atomic E-state index is 0. The van der Waals surface area contributed by atoms with Gasteiger partial charge in [0.05, 0.1) is 7.11 Å². The first-order valence-corrected chi connectivity index (χ1v) is 8.13. The van der Waals surface area contributed by atoms with Gasteiger partial charge in [0.25, 0.3) is 0 Å². The molecule has 1 saturated heterocycles. The van der Waals surface area contributed by atoms with Gasteiger partial charge < -0.3 is 19.9 Å². The lowest BCUT2D eigenvalue weighted by molar-refractivity contribution is 0.371. The van der Waals surface area contributed by atoms with E-state index in [2.05, 4.69) is 39.2 Å². The van der Waals surface area contributed by atoms with Crippen LogP contribution in [0.1, 0.15) is 19.8 Å². The molecule has 0 aromatic heterocycles. The fourth-order valence-electron chi connectivity index (χ4n) is 2.69. The van der Waals surface area contributed by atoms with Crippen LogP contribution in [0.2, 0.25) is 0 Å². The molecular weight excluding hydrogens is 403 g/mol. The van der Waals surface area contributed by atoms with Crippen LogP contribution in [-0.2, 0) is 0 Å². The van der Waals surface area contributed by atoms with Gasteiger partial charge in [-0.2, -0.15) is 0 Å². The van der Waals surface area contributed by atoms with Crippen molar-refractivity contribution in [2.45, 2.75) is 19.8 Å². The van der Waals surface area contributed by atoms with E-state index < -0.39 is 0 Å². The molecule has 1 N–H and O–H groups in total. The van der Waals surface area contributed by atoms with E-state index >= 15 is 0 Å². The number of guanidine groups is 1. The monoisotopic (exact) mass is 432 g/mol. The van der Waals surface area contributed by atoms with E-state index in [4.69, 9.17) is 4.74 Å². The average molecular weight is 432 g/mol. The van der Waals surface area contributed by atoms with Crippen molar-refractivity contribution in [3.8, 4) is 5.75 Å². The van der Waals surface area contributed by atoms with Crippen molar-refractivity contribution in [3.05, 3.63) is 24.3 Å². The van der Waals surface area contributed by atoms with E-state index in [0.29, 0.717) is 0 Å². The lowest BCUT2D eigenvalue weighted by Gasteiger charge is -2.37. The molecule has 1 fully saturated rings. The summed E-state index contributed by atoms with van der Waals surface area (Å²) in [5.41, 5.74) is 1.23. The first kappa shape index (κ1) is 19.9. The highest BCUT2D eigenvalue weighted by Gasteiger charge is 2.19. The smallest absolute Gasteiger partial charge is 0.193 e. The maximum absolute atomic E-state index is 5.31. The molecule has 130 valence electrons. The minimum Gasteiger partial charge on any atom is -0.497 e.